The molecule has 0 saturated carbocycles. The van der Waals surface area contributed by atoms with Gasteiger partial charge in [0.2, 0.25) is 0 Å². The Morgan fingerprint density at radius 1 is 1.18 bits per heavy atom. The molecule has 0 radical (unpaired) electrons. The standard InChI is InChI=1S/C21H21N5OS/c1-2-17-15(14-24-26(17)19-10-5-6-12-22-19)21(27)23-13-7-11-20-25-16-8-3-4-9-18(16)28-20/h3-6,8-10,12,14H,2,7,11,13H2,1H3,(H,23,27). The van der Waals surface area contributed by atoms with Crippen LogP contribution in [0, 0.1) is 0 Å². The molecule has 142 valence electrons. The Morgan fingerprint density at radius 3 is 2.82 bits per heavy atom. The molecule has 1 amide bonds. The number of pyridine rings is 1. The van der Waals surface area contributed by atoms with E-state index in [1.165, 1.54) is 4.70 Å². The number of fused-ring (bicyclic) bond motifs is 1. The lowest BCUT2D eigenvalue weighted by atomic mass is 10.2. The van der Waals surface area contributed by atoms with Crippen LogP contribution in [0.5, 0.6) is 0 Å². The van der Waals surface area contributed by atoms with E-state index in [4.69, 9.17) is 0 Å². The molecule has 3 heterocycles. The van der Waals surface area contributed by atoms with Gasteiger partial charge in [0.25, 0.3) is 5.91 Å². The van der Waals surface area contributed by atoms with Gasteiger partial charge < -0.3 is 5.32 Å². The predicted octanol–water partition coefficient (Wildman–Crippen LogP) is 3.80. The molecular formula is C21H21N5OS. The van der Waals surface area contributed by atoms with Crippen molar-refractivity contribution in [3.8, 4) is 5.82 Å². The van der Waals surface area contributed by atoms with Gasteiger partial charge in [-0.1, -0.05) is 25.1 Å². The second-order valence-corrected chi connectivity index (χ2v) is 7.51. The van der Waals surface area contributed by atoms with E-state index in [1.807, 2.05) is 43.3 Å². The highest BCUT2D eigenvalue weighted by Crippen LogP contribution is 2.22. The Hall–Kier alpha value is -3.06. The molecule has 4 rings (SSSR count). The minimum absolute atomic E-state index is 0.0941. The largest absolute Gasteiger partial charge is 0.352 e. The lowest BCUT2D eigenvalue weighted by Gasteiger charge is -2.07. The van der Waals surface area contributed by atoms with Gasteiger partial charge in [0.05, 0.1) is 32.7 Å². The van der Waals surface area contributed by atoms with Crippen LogP contribution >= 0.6 is 11.3 Å². The third-order valence-electron chi connectivity index (χ3n) is 4.51. The average molecular weight is 392 g/mol. The van der Waals surface area contributed by atoms with Crippen molar-refractivity contribution < 1.29 is 4.79 Å². The third kappa shape index (κ3) is 3.80. The van der Waals surface area contributed by atoms with E-state index in [9.17, 15) is 4.79 Å². The Labute approximate surface area is 167 Å². The van der Waals surface area contributed by atoms with Crippen molar-refractivity contribution in [2.24, 2.45) is 0 Å². The fourth-order valence-corrected chi connectivity index (χ4v) is 4.15. The van der Waals surface area contributed by atoms with E-state index in [-0.39, 0.29) is 5.91 Å². The summed E-state index contributed by atoms with van der Waals surface area (Å²) in [5.41, 5.74) is 2.51. The van der Waals surface area contributed by atoms with Crippen LogP contribution in [0.2, 0.25) is 0 Å². The zero-order valence-corrected chi connectivity index (χ0v) is 16.4. The van der Waals surface area contributed by atoms with Gasteiger partial charge in [0, 0.05) is 19.2 Å². The summed E-state index contributed by atoms with van der Waals surface area (Å²) >= 11 is 1.72. The molecule has 0 aliphatic rings. The average Bonchev–Trinajstić information content (AvgIpc) is 3.35. The number of aryl methyl sites for hydroxylation is 1. The van der Waals surface area contributed by atoms with Crippen LogP contribution in [0.15, 0.2) is 54.9 Å². The number of rotatable bonds is 7. The van der Waals surface area contributed by atoms with Gasteiger partial charge in [-0.15, -0.1) is 11.3 Å². The van der Waals surface area contributed by atoms with Gasteiger partial charge >= 0.3 is 0 Å². The van der Waals surface area contributed by atoms with Crippen molar-refractivity contribution in [2.45, 2.75) is 26.2 Å². The molecule has 1 N–H and O–H groups in total. The zero-order chi connectivity index (χ0) is 19.3. The van der Waals surface area contributed by atoms with E-state index < -0.39 is 0 Å². The van der Waals surface area contributed by atoms with E-state index in [0.717, 1.165) is 29.1 Å². The van der Waals surface area contributed by atoms with Crippen molar-refractivity contribution >= 4 is 27.5 Å². The van der Waals surface area contributed by atoms with Gasteiger partial charge in [-0.05, 0) is 37.1 Å². The van der Waals surface area contributed by atoms with Crippen LogP contribution < -0.4 is 5.32 Å². The van der Waals surface area contributed by atoms with Gasteiger partial charge in [-0.3, -0.25) is 4.79 Å². The number of carbonyl (C=O) groups is 1. The Balaban J connectivity index is 1.37. The molecule has 0 aliphatic carbocycles. The summed E-state index contributed by atoms with van der Waals surface area (Å²) in [4.78, 5) is 21.6. The smallest absolute Gasteiger partial charge is 0.254 e. The van der Waals surface area contributed by atoms with Crippen LogP contribution in [0.1, 0.15) is 34.4 Å². The Kier molecular flexibility index (Phi) is 5.43. The highest BCUT2D eigenvalue weighted by atomic mass is 32.1. The van der Waals surface area contributed by atoms with E-state index in [0.29, 0.717) is 24.3 Å². The molecule has 6 nitrogen and oxygen atoms in total. The number of hydrogen-bond donors (Lipinski definition) is 1. The third-order valence-corrected chi connectivity index (χ3v) is 5.60. The maximum Gasteiger partial charge on any atom is 0.254 e. The molecule has 7 heteroatoms. The summed E-state index contributed by atoms with van der Waals surface area (Å²) in [6, 6.07) is 13.8. The molecule has 3 aromatic heterocycles. The minimum atomic E-state index is -0.0941. The topological polar surface area (TPSA) is 72.7 Å². The van der Waals surface area contributed by atoms with Crippen molar-refractivity contribution in [3.05, 3.63) is 71.1 Å². The maximum atomic E-state index is 12.6. The number of benzene rings is 1. The molecule has 0 fully saturated rings. The molecule has 1 aromatic carbocycles. The molecule has 4 aromatic rings. The van der Waals surface area contributed by atoms with Crippen molar-refractivity contribution in [3.63, 3.8) is 0 Å². The Morgan fingerprint density at radius 2 is 2.04 bits per heavy atom. The normalized spacial score (nSPS) is 11.0. The molecular weight excluding hydrogens is 370 g/mol. The number of nitrogens with one attached hydrogen (secondary N) is 1. The molecule has 0 spiro atoms. The van der Waals surface area contributed by atoms with Crippen LogP contribution in [0.3, 0.4) is 0 Å². The lowest BCUT2D eigenvalue weighted by Crippen LogP contribution is -2.25. The SMILES string of the molecule is CCc1c(C(=O)NCCCc2nc3ccccc3s2)cnn1-c1ccccn1. The first kappa shape index (κ1) is 18.3. The fraction of sp³-hybridized carbons (Fsp3) is 0.238. The number of carbonyl (C=O) groups excluding carboxylic acids is 1. The minimum Gasteiger partial charge on any atom is -0.352 e. The van der Waals surface area contributed by atoms with Crippen molar-refractivity contribution in [1.29, 1.82) is 0 Å². The molecule has 28 heavy (non-hydrogen) atoms. The second kappa shape index (κ2) is 8.31. The van der Waals surface area contributed by atoms with Gasteiger partial charge in [0.1, 0.15) is 0 Å². The quantitative estimate of drug-likeness (QED) is 0.486. The van der Waals surface area contributed by atoms with Crippen LogP contribution in [-0.4, -0.2) is 32.2 Å². The first-order valence-electron chi connectivity index (χ1n) is 9.37. The first-order chi connectivity index (χ1) is 13.8. The molecule has 0 atom stereocenters. The van der Waals surface area contributed by atoms with E-state index >= 15 is 0 Å². The number of aromatic nitrogens is 4. The second-order valence-electron chi connectivity index (χ2n) is 6.39. The van der Waals surface area contributed by atoms with Crippen molar-refractivity contribution in [2.75, 3.05) is 6.54 Å². The van der Waals surface area contributed by atoms with Gasteiger partial charge in [0.15, 0.2) is 5.82 Å². The molecule has 0 bridgehead atoms. The predicted molar refractivity (Wildman–Crippen MR) is 111 cm³/mol. The number of thiazole rings is 1. The first-order valence-corrected chi connectivity index (χ1v) is 10.2. The number of para-hydroxylation sites is 1. The number of amides is 1. The summed E-state index contributed by atoms with van der Waals surface area (Å²) in [6.07, 6.45) is 5.74. The molecule has 0 unspecified atom stereocenters. The fourth-order valence-electron chi connectivity index (χ4n) is 3.14. The summed E-state index contributed by atoms with van der Waals surface area (Å²) in [5, 5.41) is 8.47. The summed E-state index contributed by atoms with van der Waals surface area (Å²) < 4.78 is 2.94. The van der Waals surface area contributed by atoms with Crippen molar-refractivity contribution in [1.82, 2.24) is 25.1 Å². The van der Waals surface area contributed by atoms with E-state index in [1.54, 1.807) is 28.4 Å². The van der Waals surface area contributed by atoms with Crippen LogP contribution in [0.4, 0.5) is 0 Å². The summed E-state index contributed by atoms with van der Waals surface area (Å²) in [7, 11) is 0. The monoisotopic (exact) mass is 391 g/mol. The number of nitrogens with zero attached hydrogens (tertiary/aromatic N) is 4. The van der Waals surface area contributed by atoms with Crippen LogP contribution in [0.25, 0.3) is 16.0 Å². The highest BCUT2D eigenvalue weighted by molar-refractivity contribution is 7.18. The highest BCUT2D eigenvalue weighted by Gasteiger charge is 2.17. The summed E-state index contributed by atoms with van der Waals surface area (Å²) in [5.74, 6) is 0.623. The van der Waals surface area contributed by atoms with E-state index in [2.05, 4.69) is 26.4 Å². The molecule has 0 aliphatic heterocycles. The lowest BCUT2D eigenvalue weighted by molar-refractivity contribution is 0.0952. The number of hydrogen-bond acceptors (Lipinski definition) is 5. The van der Waals surface area contributed by atoms with Gasteiger partial charge in [-0.2, -0.15) is 5.10 Å². The Bertz CT molecular complexity index is 1050. The molecule has 0 saturated heterocycles. The van der Waals surface area contributed by atoms with Gasteiger partial charge in [-0.25, -0.2) is 14.6 Å². The summed E-state index contributed by atoms with van der Waals surface area (Å²) in [6.45, 7) is 2.62. The van der Waals surface area contributed by atoms with Crippen LogP contribution in [-0.2, 0) is 12.8 Å². The zero-order valence-electron chi connectivity index (χ0n) is 15.6. The maximum absolute atomic E-state index is 12.6.